The molecule has 2 aromatic heterocycles. The van der Waals surface area contributed by atoms with Gasteiger partial charge in [-0.15, -0.1) is 11.3 Å². The fraction of sp³-hybridized carbons (Fsp3) is 0.438. The van der Waals surface area contributed by atoms with Gasteiger partial charge in [0, 0.05) is 18.5 Å². The molecule has 0 spiro atoms. The highest BCUT2D eigenvalue weighted by Gasteiger charge is 2.09. The Morgan fingerprint density at radius 3 is 2.81 bits per heavy atom. The van der Waals surface area contributed by atoms with E-state index in [9.17, 15) is 0 Å². The second kappa shape index (κ2) is 7.78. The number of hydrogen-bond donors (Lipinski definition) is 1. The molecular formula is C16H22ClN3S. The number of nitrogens with zero attached hydrogens (tertiary/aromatic N) is 2. The Hall–Kier alpha value is -1.10. The van der Waals surface area contributed by atoms with Gasteiger partial charge >= 0.3 is 0 Å². The smallest absolute Gasteiger partial charge is 0.129 e. The Balaban J connectivity index is 2.03. The molecule has 5 heteroatoms. The minimum atomic E-state index is 0.619. The van der Waals surface area contributed by atoms with Crippen molar-refractivity contribution >= 4 is 28.8 Å². The number of aromatic nitrogens is 1. The molecule has 0 saturated heterocycles. The highest BCUT2D eigenvalue weighted by atomic mass is 35.5. The van der Waals surface area contributed by atoms with E-state index in [4.69, 9.17) is 11.6 Å². The molecule has 2 heterocycles. The van der Waals surface area contributed by atoms with Crippen molar-refractivity contribution in [3.63, 3.8) is 0 Å². The third kappa shape index (κ3) is 4.99. The van der Waals surface area contributed by atoms with Crippen LogP contribution in [0.15, 0.2) is 29.6 Å². The van der Waals surface area contributed by atoms with Gasteiger partial charge in [-0.1, -0.05) is 31.5 Å². The van der Waals surface area contributed by atoms with Crippen LogP contribution in [-0.2, 0) is 13.1 Å². The van der Waals surface area contributed by atoms with Gasteiger partial charge in [0.25, 0.3) is 0 Å². The molecule has 0 aliphatic heterocycles. The average Bonchev–Trinajstić information content (AvgIpc) is 2.93. The van der Waals surface area contributed by atoms with E-state index in [2.05, 4.69) is 53.6 Å². The highest BCUT2D eigenvalue weighted by molar-refractivity contribution is 7.09. The van der Waals surface area contributed by atoms with Crippen LogP contribution in [0.3, 0.4) is 0 Å². The summed E-state index contributed by atoms with van der Waals surface area (Å²) in [4.78, 5) is 8.16. The lowest BCUT2D eigenvalue weighted by atomic mass is 10.2. The molecule has 3 nitrogen and oxygen atoms in total. The van der Waals surface area contributed by atoms with Gasteiger partial charge in [0.05, 0.1) is 17.3 Å². The number of thiophene rings is 1. The van der Waals surface area contributed by atoms with E-state index in [1.807, 2.05) is 12.1 Å². The molecule has 0 radical (unpaired) electrons. The Kier molecular flexibility index (Phi) is 6.03. The van der Waals surface area contributed by atoms with Crippen LogP contribution in [-0.4, -0.2) is 18.6 Å². The zero-order valence-corrected chi connectivity index (χ0v) is 14.3. The fourth-order valence-electron chi connectivity index (χ4n) is 2.01. The summed E-state index contributed by atoms with van der Waals surface area (Å²) in [6, 6.07) is 8.12. The number of rotatable bonds is 7. The molecule has 0 aliphatic rings. The zero-order valence-electron chi connectivity index (χ0n) is 12.8. The van der Waals surface area contributed by atoms with E-state index in [-0.39, 0.29) is 0 Å². The van der Waals surface area contributed by atoms with Gasteiger partial charge in [-0.3, -0.25) is 0 Å². The van der Waals surface area contributed by atoms with Gasteiger partial charge in [0.15, 0.2) is 0 Å². The van der Waals surface area contributed by atoms with Gasteiger partial charge in [-0.2, -0.15) is 0 Å². The van der Waals surface area contributed by atoms with Crippen molar-refractivity contribution in [2.75, 3.05) is 18.5 Å². The van der Waals surface area contributed by atoms with Crippen molar-refractivity contribution in [3.05, 3.63) is 45.2 Å². The van der Waals surface area contributed by atoms with Crippen LogP contribution in [0.2, 0.25) is 5.02 Å². The lowest BCUT2D eigenvalue weighted by Crippen LogP contribution is -2.21. The fourth-order valence-corrected chi connectivity index (χ4v) is 2.94. The standard InChI is InChI=1S/C16H22ClN3S/c1-12(2)9-18-10-15-14(17)6-7-16(19-15)20(3)11-13-5-4-8-21-13/h4-8,12,18H,9-11H2,1-3H3. The summed E-state index contributed by atoms with van der Waals surface area (Å²) in [5, 5.41) is 6.21. The summed E-state index contributed by atoms with van der Waals surface area (Å²) in [5.74, 6) is 1.57. The van der Waals surface area contributed by atoms with Gasteiger partial charge in [-0.25, -0.2) is 4.98 Å². The highest BCUT2D eigenvalue weighted by Crippen LogP contribution is 2.21. The minimum Gasteiger partial charge on any atom is -0.355 e. The second-order valence-electron chi connectivity index (χ2n) is 5.56. The van der Waals surface area contributed by atoms with Crippen molar-refractivity contribution in [2.45, 2.75) is 26.9 Å². The predicted octanol–water partition coefficient (Wildman–Crippen LogP) is 4.18. The molecule has 0 saturated carbocycles. The SMILES string of the molecule is CC(C)CNCc1nc(N(C)Cc2cccs2)ccc1Cl. The van der Waals surface area contributed by atoms with Crippen LogP contribution in [0.5, 0.6) is 0 Å². The molecule has 21 heavy (non-hydrogen) atoms. The number of halogens is 1. The molecule has 0 aromatic carbocycles. The van der Waals surface area contributed by atoms with Crippen LogP contribution in [0.4, 0.5) is 5.82 Å². The first-order chi connectivity index (χ1) is 10.1. The number of anilines is 1. The monoisotopic (exact) mass is 323 g/mol. The van der Waals surface area contributed by atoms with E-state index < -0.39 is 0 Å². The molecule has 0 atom stereocenters. The van der Waals surface area contributed by atoms with E-state index >= 15 is 0 Å². The number of pyridine rings is 1. The molecular weight excluding hydrogens is 302 g/mol. The molecule has 0 bridgehead atoms. The maximum atomic E-state index is 6.24. The Morgan fingerprint density at radius 1 is 1.33 bits per heavy atom. The molecule has 1 N–H and O–H groups in total. The van der Waals surface area contributed by atoms with E-state index in [1.54, 1.807) is 11.3 Å². The first-order valence-corrected chi connectivity index (χ1v) is 8.41. The quantitative estimate of drug-likeness (QED) is 0.828. The van der Waals surface area contributed by atoms with Gasteiger partial charge < -0.3 is 10.2 Å². The first kappa shape index (κ1) is 16.3. The third-order valence-electron chi connectivity index (χ3n) is 3.11. The van der Waals surface area contributed by atoms with Crippen LogP contribution < -0.4 is 10.2 Å². The molecule has 0 fully saturated rings. The zero-order chi connectivity index (χ0) is 15.2. The largest absolute Gasteiger partial charge is 0.355 e. The predicted molar refractivity (Wildman–Crippen MR) is 92.2 cm³/mol. The number of nitrogens with one attached hydrogen (secondary N) is 1. The van der Waals surface area contributed by atoms with Crippen LogP contribution in [0, 0.1) is 5.92 Å². The molecule has 0 amide bonds. The van der Waals surface area contributed by atoms with Crippen LogP contribution >= 0.6 is 22.9 Å². The molecule has 114 valence electrons. The summed E-state index contributed by atoms with van der Waals surface area (Å²) in [6.45, 7) is 6.91. The molecule has 2 aromatic rings. The Morgan fingerprint density at radius 2 is 2.14 bits per heavy atom. The minimum absolute atomic E-state index is 0.619. The van der Waals surface area contributed by atoms with Crippen molar-refractivity contribution in [1.82, 2.24) is 10.3 Å². The lowest BCUT2D eigenvalue weighted by Gasteiger charge is -2.19. The summed E-state index contributed by atoms with van der Waals surface area (Å²) < 4.78 is 0. The summed E-state index contributed by atoms with van der Waals surface area (Å²) in [6.07, 6.45) is 0. The Labute approximate surface area is 136 Å². The average molecular weight is 324 g/mol. The summed E-state index contributed by atoms with van der Waals surface area (Å²) >= 11 is 8.00. The van der Waals surface area contributed by atoms with Crippen molar-refractivity contribution < 1.29 is 0 Å². The van der Waals surface area contributed by atoms with Crippen LogP contribution in [0.25, 0.3) is 0 Å². The van der Waals surface area contributed by atoms with Crippen molar-refractivity contribution in [3.8, 4) is 0 Å². The molecule has 0 unspecified atom stereocenters. The molecule has 2 rings (SSSR count). The summed E-state index contributed by atoms with van der Waals surface area (Å²) in [5.41, 5.74) is 0.910. The van der Waals surface area contributed by atoms with Gasteiger partial charge in [0.1, 0.15) is 5.82 Å². The van der Waals surface area contributed by atoms with Crippen molar-refractivity contribution in [1.29, 1.82) is 0 Å². The van der Waals surface area contributed by atoms with Crippen molar-refractivity contribution in [2.24, 2.45) is 5.92 Å². The first-order valence-electron chi connectivity index (χ1n) is 7.16. The van der Waals surface area contributed by atoms with E-state index in [1.165, 1.54) is 4.88 Å². The topological polar surface area (TPSA) is 28.2 Å². The maximum Gasteiger partial charge on any atom is 0.129 e. The van der Waals surface area contributed by atoms with E-state index in [0.717, 1.165) is 29.6 Å². The lowest BCUT2D eigenvalue weighted by molar-refractivity contribution is 0.548. The van der Waals surface area contributed by atoms with E-state index in [0.29, 0.717) is 12.5 Å². The number of hydrogen-bond acceptors (Lipinski definition) is 4. The third-order valence-corrected chi connectivity index (χ3v) is 4.32. The summed E-state index contributed by atoms with van der Waals surface area (Å²) in [7, 11) is 2.06. The van der Waals surface area contributed by atoms with Crippen LogP contribution in [0.1, 0.15) is 24.4 Å². The second-order valence-corrected chi connectivity index (χ2v) is 7.00. The van der Waals surface area contributed by atoms with Gasteiger partial charge in [0.2, 0.25) is 0 Å². The normalized spacial score (nSPS) is 11.1. The molecule has 0 aliphatic carbocycles. The van der Waals surface area contributed by atoms with Gasteiger partial charge in [-0.05, 0) is 36.0 Å². The Bertz CT molecular complexity index is 555. The maximum absolute atomic E-state index is 6.24.